The summed E-state index contributed by atoms with van der Waals surface area (Å²) in [5.41, 5.74) is 1.06. The summed E-state index contributed by atoms with van der Waals surface area (Å²) in [6, 6.07) is 9.89. The van der Waals surface area contributed by atoms with Gasteiger partial charge < -0.3 is 0 Å². The van der Waals surface area contributed by atoms with E-state index >= 15 is 0 Å². The Morgan fingerprint density at radius 3 is 2.42 bits per heavy atom. The molecule has 0 atom stereocenters. The van der Waals surface area contributed by atoms with Crippen molar-refractivity contribution < 1.29 is 20.1 Å². The van der Waals surface area contributed by atoms with Crippen molar-refractivity contribution in [3.63, 3.8) is 0 Å². The summed E-state index contributed by atoms with van der Waals surface area (Å²) in [6.07, 6.45) is 1.50. The van der Waals surface area contributed by atoms with E-state index in [0.29, 0.717) is 0 Å². The Bertz CT molecular complexity index is 317. The van der Waals surface area contributed by atoms with Gasteiger partial charge in [-0.1, -0.05) is 30.3 Å². The van der Waals surface area contributed by atoms with Gasteiger partial charge in [0.2, 0.25) is 0 Å². The smallest absolute Gasteiger partial charge is 0.259 e. The fourth-order valence-corrected chi connectivity index (χ4v) is 0.941. The number of rotatable bonds is 1. The minimum absolute atomic E-state index is 0. The first-order valence-corrected chi connectivity index (χ1v) is 3.37. The van der Waals surface area contributed by atoms with E-state index in [1.54, 1.807) is 0 Å². The maximum Gasteiger partial charge on any atom is 3.00 e. The Morgan fingerprint density at radius 1 is 1.08 bits per heavy atom. The van der Waals surface area contributed by atoms with Crippen molar-refractivity contribution in [3.8, 4) is 11.4 Å². The molecule has 60 valence electrons. The zero-order chi connectivity index (χ0) is 7.52. The Balaban J connectivity index is 0.000000720. The first-order chi connectivity index (χ1) is 5.47. The molecular weight excluding hydrogens is 330 g/mol. The van der Waals surface area contributed by atoms with Crippen molar-refractivity contribution in [1.82, 2.24) is 15.2 Å². The minimum atomic E-state index is 0. The first-order valence-electron chi connectivity index (χ1n) is 3.37. The Hall–Kier alpha value is -0.991. The van der Waals surface area contributed by atoms with E-state index in [2.05, 4.69) is 15.2 Å². The van der Waals surface area contributed by atoms with Crippen LogP contribution in [0.5, 0.6) is 0 Å². The number of hydrogen-bond donors (Lipinski definition) is 1. The van der Waals surface area contributed by atoms with Crippen molar-refractivity contribution in [2.75, 3.05) is 0 Å². The minimum Gasteiger partial charge on any atom is -0.259 e. The standard InChI is InChI=1S/C8H7N3.Ir/c1-2-4-7(5-3-1)8-9-6-10-11-8;/h1-6H,(H,9,10,11);/q;+3. The Morgan fingerprint density at radius 2 is 1.83 bits per heavy atom. The van der Waals surface area contributed by atoms with Crippen LogP contribution in [0.15, 0.2) is 36.7 Å². The molecule has 0 saturated heterocycles. The fraction of sp³-hybridized carbons (Fsp3) is 0. The molecule has 1 N–H and O–H groups in total. The summed E-state index contributed by atoms with van der Waals surface area (Å²) in [7, 11) is 0. The van der Waals surface area contributed by atoms with Crippen molar-refractivity contribution >= 4 is 0 Å². The molecule has 0 unspecified atom stereocenters. The second-order valence-electron chi connectivity index (χ2n) is 2.20. The molecule has 2 aromatic rings. The molecule has 1 aromatic carbocycles. The summed E-state index contributed by atoms with van der Waals surface area (Å²) >= 11 is 0. The second kappa shape index (κ2) is 4.14. The average Bonchev–Trinajstić information content (AvgIpc) is 2.58. The van der Waals surface area contributed by atoms with E-state index < -0.39 is 0 Å². The van der Waals surface area contributed by atoms with Crippen LogP contribution in [-0.2, 0) is 20.1 Å². The number of benzene rings is 1. The molecule has 1 aromatic heterocycles. The van der Waals surface area contributed by atoms with Crippen LogP contribution < -0.4 is 0 Å². The van der Waals surface area contributed by atoms with Gasteiger partial charge in [0.1, 0.15) is 6.33 Å². The van der Waals surface area contributed by atoms with Gasteiger partial charge in [0.15, 0.2) is 5.82 Å². The molecule has 0 aliphatic heterocycles. The maximum absolute atomic E-state index is 4.02. The quantitative estimate of drug-likeness (QED) is 0.856. The summed E-state index contributed by atoms with van der Waals surface area (Å²) < 4.78 is 0. The van der Waals surface area contributed by atoms with Crippen molar-refractivity contribution in [2.45, 2.75) is 0 Å². The van der Waals surface area contributed by atoms with Crippen LogP contribution in [0.4, 0.5) is 0 Å². The van der Waals surface area contributed by atoms with E-state index in [0.717, 1.165) is 11.4 Å². The molecule has 0 radical (unpaired) electrons. The molecule has 2 rings (SSSR count). The molecule has 12 heavy (non-hydrogen) atoms. The van der Waals surface area contributed by atoms with Crippen molar-refractivity contribution in [1.29, 1.82) is 0 Å². The third-order valence-electron chi connectivity index (χ3n) is 1.46. The number of aromatic amines is 1. The van der Waals surface area contributed by atoms with Gasteiger partial charge >= 0.3 is 20.1 Å². The van der Waals surface area contributed by atoms with Crippen LogP contribution in [-0.4, -0.2) is 15.2 Å². The van der Waals surface area contributed by atoms with Crippen LogP contribution in [0.2, 0.25) is 0 Å². The molecule has 4 heteroatoms. The van der Waals surface area contributed by atoms with Crippen LogP contribution in [0.1, 0.15) is 0 Å². The zero-order valence-electron chi connectivity index (χ0n) is 6.19. The molecule has 0 spiro atoms. The van der Waals surface area contributed by atoms with Crippen LogP contribution >= 0.6 is 0 Å². The van der Waals surface area contributed by atoms with Gasteiger partial charge in [-0.05, 0) is 0 Å². The van der Waals surface area contributed by atoms with E-state index in [4.69, 9.17) is 0 Å². The average molecular weight is 337 g/mol. The van der Waals surface area contributed by atoms with Gasteiger partial charge in [0.05, 0.1) is 0 Å². The van der Waals surface area contributed by atoms with Gasteiger partial charge in [-0.2, -0.15) is 5.10 Å². The number of H-pyrrole nitrogens is 1. The van der Waals surface area contributed by atoms with Crippen molar-refractivity contribution in [3.05, 3.63) is 36.7 Å². The third-order valence-corrected chi connectivity index (χ3v) is 1.46. The van der Waals surface area contributed by atoms with E-state index in [-0.39, 0.29) is 20.1 Å². The predicted molar refractivity (Wildman–Crippen MR) is 41.8 cm³/mol. The first kappa shape index (κ1) is 9.10. The van der Waals surface area contributed by atoms with E-state index in [9.17, 15) is 0 Å². The van der Waals surface area contributed by atoms with E-state index in [1.165, 1.54) is 6.33 Å². The van der Waals surface area contributed by atoms with Gasteiger partial charge in [0.25, 0.3) is 0 Å². The molecule has 3 nitrogen and oxygen atoms in total. The third kappa shape index (κ3) is 1.78. The second-order valence-corrected chi connectivity index (χ2v) is 2.20. The molecule has 0 amide bonds. The van der Waals surface area contributed by atoms with Crippen LogP contribution in [0.25, 0.3) is 11.4 Å². The number of nitrogens with zero attached hydrogens (tertiary/aromatic N) is 2. The monoisotopic (exact) mass is 338 g/mol. The topological polar surface area (TPSA) is 41.6 Å². The number of hydrogen-bond acceptors (Lipinski definition) is 2. The fourth-order valence-electron chi connectivity index (χ4n) is 0.941. The summed E-state index contributed by atoms with van der Waals surface area (Å²) in [5, 5.41) is 6.55. The van der Waals surface area contributed by atoms with Gasteiger partial charge in [0, 0.05) is 5.56 Å². The molecular formula is C8H7IrN3+3. The summed E-state index contributed by atoms with van der Waals surface area (Å²) in [6.45, 7) is 0. The van der Waals surface area contributed by atoms with Gasteiger partial charge in [-0.25, -0.2) is 4.98 Å². The molecule has 0 saturated carbocycles. The molecule has 0 aliphatic rings. The molecule has 0 fully saturated rings. The van der Waals surface area contributed by atoms with Gasteiger partial charge in [-0.3, -0.25) is 5.10 Å². The Kier molecular flexibility index (Phi) is 3.14. The maximum atomic E-state index is 4.02. The normalized spacial score (nSPS) is 9.00. The van der Waals surface area contributed by atoms with Crippen LogP contribution in [0, 0.1) is 0 Å². The molecule has 1 heterocycles. The van der Waals surface area contributed by atoms with Crippen molar-refractivity contribution in [2.24, 2.45) is 0 Å². The molecule has 0 aliphatic carbocycles. The molecule has 0 bridgehead atoms. The summed E-state index contributed by atoms with van der Waals surface area (Å²) in [5.74, 6) is 0.811. The number of aromatic nitrogens is 3. The Labute approximate surface area is 83.6 Å². The largest absolute Gasteiger partial charge is 3.00 e. The SMILES string of the molecule is [Ir+3].c1ccc(-c2ncn[nH]2)cc1. The van der Waals surface area contributed by atoms with Gasteiger partial charge in [-0.15, -0.1) is 0 Å². The van der Waals surface area contributed by atoms with Crippen LogP contribution in [0.3, 0.4) is 0 Å². The zero-order valence-corrected chi connectivity index (χ0v) is 8.59. The number of nitrogens with one attached hydrogen (secondary N) is 1. The van der Waals surface area contributed by atoms with E-state index in [1.807, 2.05) is 30.3 Å². The predicted octanol–water partition coefficient (Wildman–Crippen LogP) is 1.47. The summed E-state index contributed by atoms with van der Waals surface area (Å²) in [4.78, 5) is 4.02.